The van der Waals surface area contributed by atoms with Gasteiger partial charge in [-0.3, -0.25) is 0 Å². The molecule has 0 spiro atoms. The van der Waals surface area contributed by atoms with Gasteiger partial charge < -0.3 is 25.8 Å². The van der Waals surface area contributed by atoms with E-state index in [2.05, 4.69) is 10.6 Å². The number of nitrogens with one attached hydrogen (secondary N) is 2. The van der Waals surface area contributed by atoms with Crippen LogP contribution in [-0.2, 0) is 16.1 Å². The van der Waals surface area contributed by atoms with Crippen LogP contribution in [0.5, 0.6) is 0 Å². The summed E-state index contributed by atoms with van der Waals surface area (Å²) in [6.45, 7) is 5.60. The molecule has 7 nitrogen and oxygen atoms in total. The van der Waals surface area contributed by atoms with E-state index in [-0.39, 0.29) is 24.7 Å². The van der Waals surface area contributed by atoms with Crippen molar-refractivity contribution in [2.75, 3.05) is 0 Å². The molecule has 0 heterocycles. The molecule has 0 radical (unpaired) electrons. The highest BCUT2D eigenvalue weighted by Crippen LogP contribution is 2.19. The fourth-order valence-corrected chi connectivity index (χ4v) is 2.91. The molecule has 3 atom stereocenters. The Morgan fingerprint density at radius 3 is 2.38 bits per heavy atom. The van der Waals surface area contributed by atoms with Gasteiger partial charge in [0.25, 0.3) is 0 Å². The van der Waals surface area contributed by atoms with Crippen LogP contribution in [0.3, 0.4) is 0 Å². The molecule has 1 saturated carbocycles. The van der Waals surface area contributed by atoms with Gasteiger partial charge in [-0.1, -0.05) is 30.3 Å². The number of hydrogen-bond donors (Lipinski definition) is 3. The number of amides is 2. The highest BCUT2D eigenvalue weighted by molar-refractivity contribution is 5.69. The molecule has 0 saturated heterocycles. The maximum absolute atomic E-state index is 12.1. The van der Waals surface area contributed by atoms with Crippen LogP contribution < -0.4 is 16.4 Å². The molecule has 2 rings (SSSR count). The van der Waals surface area contributed by atoms with Crippen molar-refractivity contribution in [3.05, 3.63) is 35.9 Å². The lowest BCUT2D eigenvalue weighted by Gasteiger charge is -2.35. The molecule has 4 N–H and O–H groups in total. The van der Waals surface area contributed by atoms with E-state index in [1.165, 1.54) is 0 Å². The van der Waals surface area contributed by atoms with E-state index in [4.69, 9.17) is 15.2 Å². The summed E-state index contributed by atoms with van der Waals surface area (Å²) in [4.78, 5) is 24.2. The summed E-state index contributed by atoms with van der Waals surface area (Å²) in [5.41, 5.74) is 6.35. The maximum atomic E-state index is 12.1. The second-order valence-corrected chi connectivity index (χ2v) is 7.64. The molecule has 0 aliphatic heterocycles. The average Bonchev–Trinajstić information content (AvgIpc) is 2.54. The third-order valence-corrected chi connectivity index (χ3v) is 4.11. The predicted octanol–water partition coefficient (Wildman–Crippen LogP) is 2.69. The highest BCUT2D eigenvalue weighted by atomic mass is 16.6. The summed E-state index contributed by atoms with van der Waals surface area (Å²) in [7, 11) is 0. The fraction of sp³-hybridized carbons (Fsp3) is 0.579. The van der Waals surface area contributed by atoms with Crippen molar-refractivity contribution < 1.29 is 19.1 Å². The molecule has 0 aromatic heterocycles. The lowest BCUT2D eigenvalue weighted by Crippen LogP contribution is -2.57. The first-order valence-electron chi connectivity index (χ1n) is 8.95. The van der Waals surface area contributed by atoms with Gasteiger partial charge in [-0.2, -0.15) is 0 Å². The zero-order valence-electron chi connectivity index (χ0n) is 15.7. The van der Waals surface area contributed by atoms with Crippen molar-refractivity contribution in [1.82, 2.24) is 10.6 Å². The van der Waals surface area contributed by atoms with Gasteiger partial charge in [-0.25, -0.2) is 9.59 Å². The number of benzene rings is 1. The highest BCUT2D eigenvalue weighted by Gasteiger charge is 2.32. The average molecular weight is 363 g/mol. The summed E-state index contributed by atoms with van der Waals surface area (Å²) in [5, 5.41) is 5.66. The first-order valence-corrected chi connectivity index (χ1v) is 8.95. The van der Waals surface area contributed by atoms with Gasteiger partial charge in [0.15, 0.2) is 0 Å². The van der Waals surface area contributed by atoms with Gasteiger partial charge in [0, 0.05) is 6.04 Å². The Hall–Kier alpha value is -2.28. The van der Waals surface area contributed by atoms with Crippen molar-refractivity contribution in [3.8, 4) is 0 Å². The Morgan fingerprint density at radius 1 is 1.08 bits per heavy atom. The minimum absolute atomic E-state index is 0.0201. The number of nitrogens with two attached hydrogens (primary N) is 1. The second kappa shape index (κ2) is 8.89. The number of carbonyl (C=O) groups excluding carboxylic acids is 2. The summed E-state index contributed by atoms with van der Waals surface area (Å²) < 4.78 is 10.6. The van der Waals surface area contributed by atoms with E-state index >= 15 is 0 Å². The Balaban J connectivity index is 1.87. The third kappa shape index (κ3) is 6.92. The molecule has 0 bridgehead atoms. The summed E-state index contributed by atoms with van der Waals surface area (Å²) in [6.07, 6.45) is 0.993. The first-order chi connectivity index (χ1) is 12.2. The van der Waals surface area contributed by atoms with E-state index in [9.17, 15) is 9.59 Å². The summed E-state index contributed by atoms with van der Waals surface area (Å²) >= 11 is 0. The van der Waals surface area contributed by atoms with Gasteiger partial charge in [0.2, 0.25) is 0 Å². The van der Waals surface area contributed by atoms with Gasteiger partial charge in [0.1, 0.15) is 12.2 Å². The summed E-state index contributed by atoms with van der Waals surface area (Å²) in [5.74, 6) is 0. The minimum atomic E-state index is -0.585. The van der Waals surface area contributed by atoms with Gasteiger partial charge in [0.05, 0.1) is 12.1 Å². The van der Waals surface area contributed by atoms with Crippen molar-refractivity contribution in [2.24, 2.45) is 5.73 Å². The molecule has 2 amide bonds. The Labute approximate surface area is 154 Å². The molecule has 1 aromatic rings. The number of alkyl carbamates (subject to hydrolysis) is 2. The minimum Gasteiger partial charge on any atom is -0.445 e. The van der Waals surface area contributed by atoms with E-state index in [0.717, 1.165) is 12.0 Å². The quantitative estimate of drug-likeness (QED) is 0.763. The monoisotopic (exact) mass is 363 g/mol. The van der Waals surface area contributed by atoms with Crippen LogP contribution in [-0.4, -0.2) is 35.9 Å². The van der Waals surface area contributed by atoms with Crippen molar-refractivity contribution >= 4 is 12.2 Å². The van der Waals surface area contributed by atoms with Gasteiger partial charge >= 0.3 is 12.2 Å². The van der Waals surface area contributed by atoms with Crippen molar-refractivity contribution in [2.45, 2.75) is 70.4 Å². The van der Waals surface area contributed by atoms with Crippen LogP contribution >= 0.6 is 0 Å². The largest absolute Gasteiger partial charge is 0.445 e. The molecular weight excluding hydrogens is 334 g/mol. The summed E-state index contributed by atoms with van der Waals surface area (Å²) in [6, 6.07) is 8.90. The van der Waals surface area contributed by atoms with Crippen LogP contribution in [0, 0.1) is 0 Å². The van der Waals surface area contributed by atoms with Crippen LogP contribution in [0.15, 0.2) is 30.3 Å². The lowest BCUT2D eigenvalue weighted by molar-refractivity contribution is 0.0471. The third-order valence-electron chi connectivity index (χ3n) is 4.11. The number of ether oxygens (including phenoxy) is 2. The Morgan fingerprint density at radius 2 is 1.73 bits per heavy atom. The molecule has 1 aliphatic rings. The van der Waals surface area contributed by atoms with Gasteiger partial charge in [-0.05, 0) is 45.6 Å². The maximum Gasteiger partial charge on any atom is 0.407 e. The zero-order chi connectivity index (χ0) is 19.2. The van der Waals surface area contributed by atoms with Crippen LogP contribution in [0.2, 0.25) is 0 Å². The van der Waals surface area contributed by atoms with E-state index in [1.807, 2.05) is 30.3 Å². The van der Waals surface area contributed by atoms with Crippen molar-refractivity contribution in [1.29, 1.82) is 0 Å². The Kier molecular flexibility index (Phi) is 6.85. The van der Waals surface area contributed by atoms with E-state index in [1.54, 1.807) is 20.8 Å². The number of carbonyl (C=O) groups is 2. The number of hydrogen-bond acceptors (Lipinski definition) is 5. The topological polar surface area (TPSA) is 103 Å². The van der Waals surface area contributed by atoms with Crippen LogP contribution in [0.4, 0.5) is 9.59 Å². The Bertz CT molecular complexity index is 601. The van der Waals surface area contributed by atoms with Gasteiger partial charge in [-0.15, -0.1) is 0 Å². The molecule has 1 fully saturated rings. The smallest absolute Gasteiger partial charge is 0.407 e. The molecule has 1 aromatic carbocycles. The molecule has 7 heteroatoms. The molecule has 144 valence electrons. The SMILES string of the molecule is CC(C)(C)OC(=O)N[C@@H]1CC(N)CC[C@@H]1NC(=O)OCc1ccccc1. The normalized spacial score (nSPS) is 23.0. The van der Waals surface area contributed by atoms with Crippen LogP contribution in [0.25, 0.3) is 0 Å². The van der Waals surface area contributed by atoms with E-state index < -0.39 is 17.8 Å². The first kappa shape index (κ1) is 20.0. The zero-order valence-corrected chi connectivity index (χ0v) is 15.7. The molecule has 1 unspecified atom stereocenters. The van der Waals surface area contributed by atoms with Crippen LogP contribution in [0.1, 0.15) is 45.6 Å². The number of rotatable bonds is 4. The second-order valence-electron chi connectivity index (χ2n) is 7.64. The molecule has 26 heavy (non-hydrogen) atoms. The van der Waals surface area contributed by atoms with Crippen molar-refractivity contribution in [3.63, 3.8) is 0 Å². The van der Waals surface area contributed by atoms with E-state index in [0.29, 0.717) is 12.8 Å². The fourth-order valence-electron chi connectivity index (χ4n) is 2.91. The molecule has 1 aliphatic carbocycles. The lowest BCUT2D eigenvalue weighted by atomic mass is 9.87. The predicted molar refractivity (Wildman–Crippen MR) is 98.5 cm³/mol. The molecular formula is C19H29N3O4. The standard InChI is InChI=1S/C19H29N3O4/c1-19(2,3)26-18(24)22-16-11-14(20)9-10-15(16)21-17(23)25-12-13-7-5-4-6-8-13/h4-8,14-16H,9-12,20H2,1-3H3,(H,21,23)(H,22,24)/t14?,15-,16+/m0/s1.